The van der Waals surface area contributed by atoms with Gasteiger partial charge in [0.1, 0.15) is 0 Å². The second-order valence-electron chi connectivity index (χ2n) is 9.06. The number of amides is 2. The lowest BCUT2D eigenvalue weighted by Gasteiger charge is -2.36. The van der Waals surface area contributed by atoms with Gasteiger partial charge in [-0.2, -0.15) is 13.2 Å². The fraction of sp³-hybridized carbons (Fsp3) is 0.308. The number of nitrogens with zero attached hydrogens (tertiary/aromatic N) is 5. The predicted octanol–water partition coefficient (Wildman–Crippen LogP) is 2.94. The van der Waals surface area contributed by atoms with Crippen molar-refractivity contribution in [2.45, 2.75) is 12.3 Å². The maximum Gasteiger partial charge on any atom is 0.416 e. The maximum atomic E-state index is 13.0. The molecule has 2 amide bonds. The third kappa shape index (κ3) is 5.18. The Morgan fingerprint density at radius 3 is 2.05 bits per heavy atom. The molecule has 0 saturated carbocycles. The van der Waals surface area contributed by atoms with Crippen molar-refractivity contribution in [1.29, 1.82) is 0 Å². The number of benzene rings is 2. The summed E-state index contributed by atoms with van der Waals surface area (Å²) in [6.07, 6.45) is -2.29. The summed E-state index contributed by atoms with van der Waals surface area (Å²) in [6, 6.07) is 11.6. The number of rotatable bonds is 6. The molecule has 1 fully saturated rings. The van der Waals surface area contributed by atoms with Crippen LogP contribution in [0.4, 0.5) is 19.1 Å². The molecule has 3 heterocycles. The van der Waals surface area contributed by atoms with Crippen molar-refractivity contribution < 1.29 is 27.9 Å². The zero-order valence-corrected chi connectivity index (χ0v) is 19.7. The molecule has 1 atom stereocenters. The average molecular weight is 512 g/mol. The number of aliphatic hydroxyl groups is 1. The third-order valence-corrected chi connectivity index (χ3v) is 6.56. The first-order valence-corrected chi connectivity index (χ1v) is 11.8. The molecule has 1 saturated heterocycles. The normalized spacial score (nSPS) is 17.3. The molecule has 1 aromatic heterocycles. The van der Waals surface area contributed by atoms with E-state index in [1.54, 1.807) is 30.3 Å². The highest BCUT2D eigenvalue weighted by Gasteiger charge is 2.36. The quantitative estimate of drug-likeness (QED) is 0.509. The number of hydrogen-bond acceptors (Lipinski definition) is 7. The minimum atomic E-state index is -4.42. The molecular weight excluding hydrogens is 487 g/mol. The summed E-state index contributed by atoms with van der Waals surface area (Å²) in [7, 11) is 0. The minimum Gasteiger partial charge on any atom is -0.390 e. The summed E-state index contributed by atoms with van der Waals surface area (Å²) in [6.45, 7) is 2.62. The number of β-amino-alcohol motifs (C(OH)–C–C–N with tert-alkyl or cyclic N) is 1. The van der Waals surface area contributed by atoms with Gasteiger partial charge in [-0.05, 0) is 29.8 Å². The molecule has 2 aliphatic heterocycles. The Hall–Kier alpha value is -3.83. The van der Waals surface area contributed by atoms with E-state index in [-0.39, 0.29) is 6.54 Å². The number of carbonyl (C=O) groups excluding carboxylic acids is 2. The smallest absolute Gasteiger partial charge is 0.390 e. The van der Waals surface area contributed by atoms with E-state index >= 15 is 0 Å². The SMILES string of the molecule is O=C1c2ccccc2C(=O)N1CC(O)CN1CCN(c2ncc(-c3cccc(C(F)(F)F)c3)cn2)CC1. The molecular formula is C26H24F3N5O3. The van der Waals surface area contributed by atoms with Crippen LogP contribution in [0.15, 0.2) is 60.9 Å². The van der Waals surface area contributed by atoms with Gasteiger partial charge in [0.05, 0.1) is 29.3 Å². The van der Waals surface area contributed by atoms with Crippen LogP contribution in [-0.2, 0) is 6.18 Å². The second kappa shape index (κ2) is 9.91. The van der Waals surface area contributed by atoms with Crippen LogP contribution in [0.5, 0.6) is 0 Å². The highest BCUT2D eigenvalue weighted by atomic mass is 19.4. The van der Waals surface area contributed by atoms with Gasteiger partial charge in [0.2, 0.25) is 5.95 Å². The van der Waals surface area contributed by atoms with Crippen LogP contribution in [0.25, 0.3) is 11.1 Å². The van der Waals surface area contributed by atoms with Crippen LogP contribution in [0.2, 0.25) is 0 Å². The van der Waals surface area contributed by atoms with E-state index in [2.05, 4.69) is 9.97 Å². The molecule has 11 heteroatoms. The van der Waals surface area contributed by atoms with E-state index in [1.807, 2.05) is 9.80 Å². The molecule has 0 spiro atoms. The highest BCUT2D eigenvalue weighted by molar-refractivity contribution is 6.21. The lowest BCUT2D eigenvalue weighted by Crippen LogP contribution is -2.50. The fourth-order valence-electron chi connectivity index (χ4n) is 4.61. The number of imide groups is 1. The Balaban J connectivity index is 1.14. The number of alkyl halides is 3. The zero-order chi connectivity index (χ0) is 26.2. The summed E-state index contributed by atoms with van der Waals surface area (Å²) in [5.74, 6) is -0.313. The van der Waals surface area contributed by atoms with Crippen LogP contribution in [-0.4, -0.2) is 82.1 Å². The third-order valence-electron chi connectivity index (χ3n) is 6.56. The van der Waals surface area contributed by atoms with Crippen LogP contribution >= 0.6 is 0 Å². The summed E-state index contributed by atoms with van der Waals surface area (Å²) < 4.78 is 39.0. The van der Waals surface area contributed by atoms with Crippen molar-refractivity contribution in [1.82, 2.24) is 19.8 Å². The molecule has 1 N–H and O–H groups in total. The molecule has 3 aromatic rings. The van der Waals surface area contributed by atoms with Gasteiger partial charge >= 0.3 is 6.18 Å². The Morgan fingerprint density at radius 2 is 1.46 bits per heavy atom. The van der Waals surface area contributed by atoms with Crippen molar-refractivity contribution in [2.24, 2.45) is 0 Å². The van der Waals surface area contributed by atoms with E-state index < -0.39 is 29.7 Å². The van der Waals surface area contributed by atoms with Crippen molar-refractivity contribution in [3.63, 3.8) is 0 Å². The van der Waals surface area contributed by atoms with Crippen molar-refractivity contribution in [3.8, 4) is 11.1 Å². The Labute approximate surface area is 211 Å². The second-order valence-corrected chi connectivity index (χ2v) is 9.06. The Bertz CT molecular complexity index is 1270. The number of halogens is 3. The first kappa shape index (κ1) is 24.8. The van der Waals surface area contributed by atoms with E-state index in [4.69, 9.17) is 0 Å². The molecule has 0 bridgehead atoms. The number of anilines is 1. The van der Waals surface area contributed by atoms with E-state index in [0.29, 0.717) is 60.9 Å². The van der Waals surface area contributed by atoms with Gasteiger partial charge in [-0.1, -0.05) is 24.3 Å². The van der Waals surface area contributed by atoms with Crippen LogP contribution < -0.4 is 4.90 Å². The average Bonchev–Trinajstić information content (AvgIpc) is 3.14. The number of carbonyl (C=O) groups is 2. The molecule has 2 aromatic carbocycles. The zero-order valence-electron chi connectivity index (χ0n) is 19.7. The number of aromatic nitrogens is 2. The largest absolute Gasteiger partial charge is 0.416 e. The van der Waals surface area contributed by atoms with Crippen molar-refractivity contribution in [2.75, 3.05) is 44.2 Å². The molecule has 192 valence electrons. The summed E-state index contributed by atoms with van der Waals surface area (Å²) >= 11 is 0. The lowest BCUT2D eigenvalue weighted by atomic mass is 10.1. The fourth-order valence-corrected chi connectivity index (χ4v) is 4.61. The van der Waals surface area contributed by atoms with Crippen LogP contribution in [0, 0.1) is 0 Å². The number of aliphatic hydroxyl groups excluding tert-OH is 1. The Kier molecular flexibility index (Phi) is 6.65. The topological polar surface area (TPSA) is 89.9 Å². The summed E-state index contributed by atoms with van der Waals surface area (Å²) in [4.78, 5) is 38.8. The van der Waals surface area contributed by atoms with E-state index in [0.717, 1.165) is 17.0 Å². The van der Waals surface area contributed by atoms with Gasteiger partial charge in [0, 0.05) is 50.7 Å². The number of piperazine rings is 1. The maximum absolute atomic E-state index is 13.0. The van der Waals surface area contributed by atoms with Gasteiger partial charge < -0.3 is 10.0 Å². The predicted molar refractivity (Wildman–Crippen MR) is 129 cm³/mol. The van der Waals surface area contributed by atoms with Gasteiger partial charge in [-0.3, -0.25) is 19.4 Å². The highest BCUT2D eigenvalue weighted by Crippen LogP contribution is 2.32. The molecule has 8 nitrogen and oxygen atoms in total. The molecule has 1 unspecified atom stereocenters. The van der Waals surface area contributed by atoms with Gasteiger partial charge in [-0.25, -0.2) is 9.97 Å². The number of hydrogen-bond donors (Lipinski definition) is 1. The summed E-state index contributed by atoms with van der Waals surface area (Å²) in [5.41, 5.74) is 0.859. The molecule has 2 aliphatic rings. The first-order chi connectivity index (χ1) is 17.7. The number of fused-ring (bicyclic) bond motifs is 1. The van der Waals surface area contributed by atoms with Gasteiger partial charge in [-0.15, -0.1) is 0 Å². The molecule has 37 heavy (non-hydrogen) atoms. The van der Waals surface area contributed by atoms with E-state index in [1.165, 1.54) is 18.5 Å². The van der Waals surface area contributed by atoms with Crippen LogP contribution in [0.3, 0.4) is 0 Å². The van der Waals surface area contributed by atoms with Gasteiger partial charge in [0.25, 0.3) is 11.8 Å². The monoisotopic (exact) mass is 511 g/mol. The van der Waals surface area contributed by atoms with Gasteiger partial charge in [0.15, 0.2) is 0 Å². The Morgan fingerprint density at radius 1 is 0.838 bits per heavy atom. The minimum absolute atomic E-state index is 0.0767. The summed E-state index contributed by atoms with van der Waals surface area (Å²) in [5, 5.41) is 10.6. The van der Waals surface area contributed by atoms with E-state index in [9.17, 15) is 27.9 Å². The molecule has 0 radical (unpaired) electrons. The molecule has 0 aliphatic carbocycles. The molecule has 5 rings (SSSR count). The lowest BCUT2D eigenvalue weighted by molar-refractivity contribution is -0.137. The van der Waals surface area contributed by atoms with Crippen molar-refractivity contribution >= 4 is 17.8 Å². The first-order valence-electron chi connectivity index (χ1n) is 11.8. The van der Waals surface area contributed by atoms with Crippen molar-refractivity contribution in [3.05, 3.63) is 77.6 Å². The van der Waals surface area contributed by atoms with Crippen LogP contribution in [0.1, 0.15) is 26.3 Å². The standard InChI is InChI=1S/C26H24F3N5O3/c27-26(28,29)19-5-3-4-17(12-19)18-13-30-25(31-14-18)33-10-8-32(9-11-33)15-20(35)16-34-23(36)21-6-1-2-7-22(21)24(34)37/h1-7,12-14,20,35H,8-11,15-16H2.